The van der Waals surface area contributed by atoms with Gasteiger partial charge in [0.15, 0.2) is 0 Å². The van der Waals surface area contributed by atoms with Crippen LogP contribution in [0.3, 0.4) is 0 Å². The lowest BCUT2D eigenvalue weighted by Crippen LogP contribution is -2.17. The molecular weight excluding hydrogens is 260 g/mol. The average Bonchev–Trinajstić information content (AvgIpc) is 2.52. The van der Waals surface area contributed by atoms with Crippen LogP contribution in [-0.2, 0) is 6.54 Å². The predicted octanol–water partition coefficient (Wildman–Crippen LogP) is 3.78. The van der Waals surface area contributed by atoms with E-state index in [4.69, 9.17) is 0 Å². The van der Waals surface area contributed by atoms with Crippen LogP contribution in [0.15, 0.2) is 48.5 Å². The second kappa shape index (κ2) is 6.93. The number of hydrogen-bond acceptors (Lipinski definition) is 2. The molecule has 110 valence electrons. The van der Waals surface area contributed by atoms with Gasteiger partial charge in [-0.05, 0) is 35.2 Å². The summed E-state index contributed by atoms with van der Waals surface area (Å²) in [5, 5.41) is 6.10. The molecule has 3 heteroatoms. The van der Waals surface area contributed by atoms with Crippen LogP contribution in [0, 0.1) is 0 Å². The first kappa shape index (κ1) is 15.1. The molecule has 3 nitrogen and oxygen atoms in total. The number of carbonyl (C=O) groups is 1. The molecule has 2 aromatic carbocycles. The van der Waals surface area contributed by atoms with E-state index < -0.39 is 0 Å². The lowest BCUT2D eigenvalue weighted by molar-refractivity contribution is 0.0963. The Morgan fingerprint density at radius 3 is 2.33 bits per heavy atom. The minimum absolute atomic E-state index is 0.0559. The van der Waals surface area contributed by atoms with Crippen molar-refractivity contribution in [2.45, 2.75) is 26.3 Å². The Balaban J connectivity index is 2.05. The molecule has 0 atom stereocenters. The van der Waals surface area contributed by atoms with Crippen molar-refractivity contribution < 1.29 is 4.79 Å². The van der Waals surface area contributed by atoms with Gasteiger partial charge in [0.05, 0.1) is 0 Å². The quantitative estimate of drug-likeness (QED) is 0.876. The number of para-hydroxylation sites is 1. The minimum atomic E-state index is -0.0559. The monoisotopic (exact) mass is 282 g/mol. The van der Waals surface area contributed by atoms with Gasteiger partial charge in [-0.1, -0.05) is 44.2 Å². The van der Waals surface area contributed by atoms with Crippen molar-refractivity contribution in [2.24, 2.45) is 0 Å². The van der Waals surface area contributed by atoms with Gasteiger partial charge in [-0.2, -0.15) is 0 Å². The Kier molecular flexibility index (Phi) is 4.99. The van der Waals surface area contributed by atoms with Gasteiger partial charge < -0.3 is 10.6 Å². The highest BCUT2D eigenvalue weighted by atomic mass is 16.1. The number of anilines is 1. The van der Waals surface area contributed by atoms with E-state index in [9.17, 15) is 4.79 Å². The lowest BCUT2D eigenvalue weighted by Gasteiger charge is -2.14. The molecule has 0 saturated heterocycles. The summed E-state index contributed by atoms with van der Waals surface area (Å²) in [6.45, 7) is 5.13. The Labute approximate surface area is 126 Å². The van der Waals surface area contributed by atoms with Crippen molar-refractivity contribution in [3.05, 3.63) is 65.2 Å². The van der Waals surface area contributed by atoms with Crippen molar-refractivity contribution in [3.63, 3.8) is 0 Å². The highest BCUT2D eigenvalue weighted by molar-refractivity contribution is 5.93. The molecule has 1 amide bonds. The van der Waals surface area contributed by atoms with Crippen molar-refractivity contribution >= 4 is 11.6 Å². The molecule has 0 bridgehead atoms. The lowest BCUT2D eigenvalue weighted by atomic mass is 10.0. The molecule has 0 unspecified atom stereocenters. The van der Waals surface area contributed by atoms with Crippen LogP contribution >= 0.6 is 0 Å². The first-order valence-corrected chi connectivity index (χ1v) is 7.25. The van der Waals surface area contributed by atoms with E-state index in [0.29, 0.717) is 11.5 Å². The second-order valence-electron chi connectivity index (χ2n) is 5.37. The summed E-state index contributed by atoms with van der Waals surface area (Å²) >= 11 is 0. The topological polar surface area (TPSA) is 41.1 Å². The highest BCUT2D eigenvalue weighted by Gasteiger charge is 2.06. The van der Waals surface area contributed by atoms with E-state index in [1.165, 1.54) is 11.3 Å². The van der Waals surface area contributed by atoms with Crippen molar-refractivity contribution in [1.82, 2.24) is 5.32 Å². The number of amides is 1. The van der Waals surface area contributed by atoms with Crippen LogP contribution in [0.25, 0.3) is 0 Å². The fraction of sp³-hybridized carbons (Fsp3) is 0.278. The first-order valence-electron chi connectivity index (χ1n) is 7.25. The Morgan fingerprint density at radius 1 is 1.05 bits per heavy atom. The number of rotatable bonds is 5. The molecule has 0 fully saturated rings. The molecule has 0 aliphatic heterocycles. The van der Waals surface area contributed by atoms with E-state index in [2.05, 4.69) is 42.7 Å². The maximum atomic E-state index is 11.5. The first-order chi connectivity index (χ1) is 10.1. The fourth-order valence-corrected chi connectivity index (χ4v) is 2.28. The maximum absolute atomic E-state index is 11.5. The molecule has 0 radical (unpaired) electrons. The third kappa shape index (κ3) is 3.85. The van der Waals surface area contributed by atoms with Crippen LogP contribution in [-0.4, -0.2) is 13.0 Å². The van der Waals surface area contributed by atoms with E-state index in [-0.39, 0.29) is 5.91 Å². The van der Waals surface area contributed by atoms with Crippen molar-refractivity contribution in [3.8, 4) is 0 Å². The number of benzene rings is 2. The number of nitrogens with one attached hydrogen (secondary N) is 2. The smallest absolute Gasteiger partial charge is 0.251 e. The van der Waals surface area contributed by atoms with Gasteiger partial charge in [0.25, 0.3) is 5.91 Å². The largest absolute Gasteiger partial charge is 0.381 e. The predicted molar refractivity (Wildman–Crippen MR) is 87.7 cm³/mol. The summed E-state index contributed by atoms with van der Waals surface area (Å²) in [6, 6.07) is 16.0. The zero-order chi connectivity index (χ0) is 15.2. The minimum Gasteiger partial charge on any atom is -0.381 e. The van der Waals surface area contributed by atoms with Crippen molar-refractivity contribution in [2.75, 3.05) is 12.4 Å². The number of carbonyl (C=O) groups excluding carboxylic acids is 1. The van der Waals surface area contributed by atoms with Gasteiger partial charge >= 0.3 is 0 Å². The Hall–Kier alpha value is -2.29. The molecule has 0 heterocycles. The summed E-state index contributed by atoms with van der Waals surface area (Å²) in [5.41, 5.74) is 4.33. The van der Waals surface area contributed by atoms with Crippen LogP contribution < -0.4 is 10.6 Å². The maximum Gasteiger partial charge on any atom is 0.251 e. The van der Waals surface area contributed by atoms with E-state index >= 15 is 0 Å². The SMILES string of the molecule is CNC(=O)c1ccc(CNc2ccccc2C(C)C)cc1. The summed E-state index contributed by atoms with van der Waals surface area (Å²) in [5.74, 6) is 0.434. The Bertz CT molecular complexity index is 603. The molecule has 0 aromatic heterocycles. The molecule has 2 aromatic rings. The van der Waals surface area contributed by atoms with Crippen LogP contribution in [0.4, 0.5) is 5.69 Å². The van der Waals surface area contributed by atoms with Gasteiger partial charge in [-0.25, -0.2) is 0 Å². The molecule has 0 spiro atoms. The highest BCUT2D eigenvalue weighted by Crippen LogP contribution is 2.24. The van der Waals surface area contributed by atoms with Gasteiger partial charge in [0, 0.05) is 24.8 Å². The molecule has 0 saturated carbocycles. The average molecular weight is 282 g/mol. The van der Waals surface area contributed by atoms with E-state index in [1.54, 1.807) is 7.05 Å². The summed E-state index contributed by atoms with van der Waals surface area (Å²) in [4.78, 5) is 11.5. The molecule has 2 rings (SSSR count). The second-order valence-corrected chi connectivity index (χ2v) is 5.37. The van der Waals surface area contributed by atoms with Gasteiger partial charge in [-0.15, -0.1) is 0 Å². The summed E-state index contributed by atoms with van der Waals surface area (Å²) in [7, 11) is 1.64. The molecule has 0 aliphatic rings. The zero-order valence-corrected chi connectivity index (χ0v) is 12.8. The normalized spacial score (nSPS) is 10.5. The van der Waals surface area contributed by atoms with Crippen LogP contribution in [0.1, 0.15) is 41.3 Å². The van der Waals surface area contributed by atoms with E-state index in [1.807, 2.05) is 30.3 Å². The van der Waals surface area contributed by atoms with E-state index in [0.717, 1.165) is 12.1 Å². The van der Waals surface area contributed by atoms with Gasteiger partial charge in [0.2, 0.25) is 0 Å². The van der Waals surface area contributed by atoms with Gasteiger partial charge in [0.1, 0.15) is 0 Å². The Morgan fingerprint density at radius 2 is 1.71 bits per heavy atom. The van der Waals surface area contributed by atoms with Crippen LogP contribution in [0.2, 0.25) is 0 Å². The fourth-order valence-electron chi connectivity index (χ4n) is 2.28. The third-order valence-electron chi connectivity index (χ3n) is 3.51. The van der Waals surface area contributed by atoms with Crippen molar-refractivity contribution in [1.29, 1.82) is 0 Å². The zero-order valence-electron chi connectivity index (χ0n) is 12.8. The van der Waals surface area contributed by atoms with Gasteiger partial charge in [-0.3, -0.25) is 4.79 Å². The van der Waals surface area contributed by atoms with Crippen LogP contribution in [0.5, 0.6) is 0 Å². The summed E-state index contributed by atoms with van der Waals surface area (Å²) < 4.78 is 0. The third-order valence-corrected chi connectivity index (χ3v) is 3.51. The molecule has 21 heavy (non-hydrogen) atoms. The molecular formula is C18H22N2O. The number of hydrogen-bond donors (Lipinski definition) is 2. The molecule has 0 aliphatic carbocycles. The molecule has 2 N–H and O–H groups in total. The summed E-state index contributed by atoms with van der Waals surface area (Å²) in [6.07, 6.45) is 0. The standard InChI is InChI=1S/C18H22N2O/c1-13(2)16-6-4-5-7-17(16)20-12-14-8-10-15(11-9-14)18(21)19-3/h4-11,13,20H,12H2,1-3H3,(H,19,21).